The van der Waals surface area contributed by atoms with Crippen LogP contribution in [0.2, 0.25) is 0 Å². The Hall–Kier alpha value is -11.6. The summed E-state index contributed by atoms with van der Waals surface area (Å²) in [4.78, 5) is 37.4. The van der Waals surface area contributed by atoms with Crippen molar-refractivity contribution in [3.63, 3.8) is 0 Å². The van der Waals surface area contributed by atoms with E-state index < -0.39 is 20.8 Å². The van der Waals surface area contributed by atoms with Gasteiger partial charge < -0.3 is 41.9 Å². The Morgan fingerprint density at radius 2 is 0.842 bits per heavy atom. The van der Waals surface area contributed by atoms with Crippen molar-refractivity contribution in [2.45, 2.75) is 26.5 Å². The van der Waals surface area contributed by atoms with Crippen LogP contribution < -0.4 is 31.9 Å². The van der Waals surface area contributed by atoms with Crippen LogP contribution in [0.5, 0.6) is 0 Å². The molecule has 0 spiro atoms. The molecule has 16 rings (SSSR count). The fraction of sp³-hybridized carbons (Fsp3) is 0.0597. The smallest absolute Gasteiger partial charge is 0.269 e. The number of hydrogen-bond acceptors (Lipinski definition) is 20. The van der Waals surface area contributed by atoms with Crippen molar-refractivity contribution in [2.75, 3.05) is 50.7 Å². The number of hydrogen-bond donors (Lipinski definition) is 11. The number of benzene rings is 7. The summed E-state index contributed by atoms with van der Waals surface area (Å²) >= 11 is 3.36. The average Bonchev–Trinajstić information content (AvgIpc) is 1.65. The lowest BCUT2D eigenvalue weighted by Crippen LogP contribution is -2.13. The zero-order chi connectivity index (χ0) is 65.0. The Morgan fingerprint density at radius 3 is 1.26 bits per heavy atom. The molecule has 16 aromatic rings. The lowest BCUT2D eigenvalue weighted by atomic mass is 10.2. The van der Waals surface area contributed by atoms with E-state index in [9.17, 15) is 12.6 Å². The molecule has 0 amide bonds. The van der Waals surface area contributed by atoms with E-state index in [0.717, 1.165) is 110 Å². The monoisotopic (exact) mass is 1330 g/mol. The third-order valence-electron chi connectivity index (χ3n) is 15.2. The van der Waals surface area contributed by atoms with E-state index in [1.165, 1.54) is 15.1 Å². The highest BCUT2D eigenvalue weighted by Gasteiger charge is 2.23. The summed E-state index contributed by atoms with van der Waals surface area (Å²) in [5.74, 6) is 3.12. The van der Waals surface area contributed by atoms with Crippen LogP contribution in [0.4, 0.5) is 69.4 Å². The molecule has 1 unspecified atom stereocenters. The average molecular weight is 1330 g/mol. The molecular formula is C67H57N21O3S4. The third-order valence-corrected chi connectivity index (χ3v) is 19.3. The number of aromatic nitrogens is 15. The Balaban J connectivity index is 0.000000125. The number of aryl methyl sites for hydroxylation is 1. The van der Waals surface area contributed by atoms with Gasteiger partial charge in [0.05, 0.1) is 56.2 Å². The van der Waals surface area contributed by atoms with E-state index in [0.29, 0.717) is 28.9 Å². The van der Waals surface area contributed by atoms with Crippen LogP contribution in [0.15, 0.2) is 227 Å². The van der Waals surface area contributed by atoms with E-state index in [1.807, 2.05) is 153 Å². The quantitative estimate of drug-likeness (QED) is 0.0377. The van der Waals surface area contributed by atoms with Crippen molar-refractivity contribution in [3.8, 4) is 0 Å². The number of rotatable bonds is 17. The van der Waals surface area contributed by atoms with Crippen LogP contribution in [-0.4, -0.2) is 106 Å². The minimum Gasteiger partial charge on any atom is -0.346 e. The summed E-state index contributed by atoms with van der Waals surface area (Å²) in [7, 11) is -4.91. The third kappa shape index (κ3) is 13.5. The van der Waals surface area contributed by atoms with E-state index in [4.69, 9.17) is 4.98 Å². The number of aromatic amines is 5. The lowest BCUT2D eigenvalue weighted by molar-refractivity contribution is 0.588. The number of fused-ring (bicyclic) bond motifs is 6. The van der Waals surface area contributed by atoms with E-state index in [-0.39, 0.29) is 16.5 Å². The second kappa shape index (κ2) is 26.6. The summed E-state index contributed by atoms with van der Waals surface area (Å²) in [6, 6.07) is 53.5. The highest BCUT2D eigenvalue weighted by molar-refractivity contribution is 7.98. The predicted molar refractivity (Wildman–Crippen MR) is 382 cm³/mol. The molecule has 0 aliphatic carbocycles. The molecule has 95 heavy (non-hydrogen) atoms. The molecule has 0 aliphatic heterocycles. The molecular weight excluding hydrogens is 1280 g/mol. The maximum atomic E-state index is 13.6. The number of nitrogens with zero attached hydrogens (tertiary/aromatic N) is 10. The Bertz CT molecular complexity index is 5560. The van der Waals surface area contributed by atoms with Gasteiger partial charge in [-0.3, -0.25) is 19.5 Å². The molecule has 472 valence electrons. The summed E-state index contributed by atoms with van der Waals surface area (Å²) < 4.78 is 39.9. The molecule has 0 saturated carbocycles. The highest BCUT2D eigenvalue weighted by atomic mass is 32.2. The van der Waals surface area contributed by atoms with Crippen molar-refractivity contribution in [1.29, 1.82) is 0 Å². The van der Waals surface area contributed by atoms with Gasteiger partial charge in [0.2, 0.25) is 17.8 Å². The summed E-state index contributed by atoms with van der Waals surface area (Å²) in [6.45, 7) is 1.91. The van der Waals surface area contributed by atoms with Gasteiger partial charge in [-0.2, -0.15) is 45.2 Å². The largest absolute Gasteiger partial charge is 0.346 e. The number of H-pyrrole nitrogens is 5. The van der Waals surface area contributed by atoms with Gasteiger partial charge in [0.25, 0.3) is 10.0 Å². The van der Waals surface area contributed by atoms with Gasteiger partial charge in [-0.25, -0.2) is 12.4 Å². The molecule has 0 saturated heterocycles. The van der Waals surface area contributed by atoms with Gasteiger partial charge in [-0.05, 0) is 177 Å². The van der Waals surface area contributed by atoms with Crippen molar-refractivity contribution >= 4 is 180 Å². The lowest BCUT2D eigenvalue weighted by Gasteiger charge is -2.13. The van der Waals surface area contributed by atoms with Gasteiger partial charge in [-0.15, -0.1) is 23.5 Å². The Morgan fingerprint density at radius 1 is 0.442 bits per heavy atom. The van der Waals surface area contributed by atoms with Crippen molar-refractivity contribution < 1.29 is 12.6 Å². The predicted octanol–water partition coefficient (Wildman–Crippen LogP) is 15.2. The van der Waals surface area contributed by atoms with E-state index in [2.05, 4.69) is 116 Å². The first-order valence-corrected chi connectivity index (χ1v) is 34.8. The normalized spacial score (nSPS) is 11.7. The highest BCUT2D eigenvalue weighted by Crippen LogP contribution is 2.34. The minimum absolute atomic E-state index is 0.181. The molecule has 1 atom stereocenters. The van der Waals surface area contributed by atoms with Gasteiger partial charge in [0.1, 0.15) is 28.7 Å². The first-order valence-electron chi connectivity index (χ1n) is 29.4. The molecule has 9 aromatic heterocycles. The van der Waals surface area contributed by atoms with Crippen molar-refractivity contribution in [2.24, 2.45) is 0 Å². The van der Waals surface area contributed by atoms with Crippen LogP contribution in [-0.2, 0) is 20.8 Å². The number of nitrogens with one attached hydrogen (secondary N) is 11. The van der Waals surface area contributed by atoms with Gasteiger partial charge >= 0.3 is 0 Å². The second-order valence-electron chi connectivity index (χ2n) is 21.5. The number of anilines is 12. The van der Waals surface area contributed by atoms with E-state index in [1.54, 1.807) is 78.7 Å². The molecule has 0 bridgehead atoms. The van der Waals surface area contributed by atoms with Gasteiger partial charge in [0.15, 0.2) is 5.65 Å². The molecule has 28 heteroatoms. The molecule has 0 fully saturated rings. The topological polar surface area (TPSA) is 323 Å². The van der Waals surface area contributed by atoms with Crippen molar-refractivity contribution in [3.05, 3.63) is 213 Å². The minimum atomic E-state index is -3.89. The molecule has 0 radical (unpaired) electrons. The molecule has 9 heterocycles. The summed E-state index contributed by atoms with van der Waals surface area (Å²) in [5, 5.41) is 46.4. The standard InChI is InChI=1S/C27H23N7O2S2.C20H17N7OS.C20H17N7S/c1-17-3-11-22(12-4-17)38(35,36)34-14-13-23-25(29-20-6-5-18-16-28-33-24(18)15-20)31-27(32-26(23)34)30-19-7-9-21(37-2)10-8-19;1-29(28)15-6-4-13(5-7-15)24-20-25-18-16(8-9-21-18)19(26-20)23-14-3-2-12-11-22-27-17(12)10-14;1-28-15-6-4-13(5-7-15)24-20-25-18-16(8-9-21-18)19(26-20)23-14-3-2-12-11-22-27-17(12)10-14/h3-16H,1-2H3,(H,28,33)(H2,29,30,31,32);2-11H,1H3,(H,22,27)(H3,21,23,24,25,26);2-11H,1H3,(H,22,27)(H3,21,23,24,25,26). The zero-order valence-corrected chi connectivity index (χ0v) is 54.2. The zero-order valence-electron chi connectivity index (χ0n) is 51.0. The second-order valence-corrected chi connectivity index (χ2v) is 26.5. The fourth-order valence-electron chi connectivity index (χ4n) is 10.3. The number of thioether (sulfide) groups is 2. The maximum Gasteiger partial charge on any atom is 0.269 e. The molecule has 24 nitrogen and oxygen atoms in total. The van der Waals surface area contributed by atoms with E-state index >= 15 is 0 Å². The molecule has 0 aliphatic rings. The van der Waals surface area contributed by atoms with Crippen LogP contribution in [0.25, 0.3) is 65.8 Å². The van der Waals surface area contributed by atoms with Crippen molar-refractivity contribution in [1.82, 2.24) is 74.4 Å². The van der Waals surface area contributed by atoms with Crippen LogP contribution in [0.3, 0.4) is 0 Å². The molecule has 7 aromatic carbocycles. The van der Waals surface area contributed by atoms with Crippen LogP contribution in [0.1, 0.15) is 5.56 Å². The van der Waals surface area contributed by atoms with Crippen LogP contribution >= 0.6 is 23.5 Å². The Labute approximate surface area is 553 Å². The maximum absolute atomic E-state index is 13.6. The first-order chi connectivity index (χ1) is 46.3. The summed E-state index contributed by atoms with van der Waals surface area (Å²) in [5.41, 5.74) is 10.6. The van der Waals surface area contributed by atoms with Crippen LogP contribution in [0, 0.1) is 6.92 Å². The summed E-state index contributed by atoms with van der Waals surface area (Å²) in [6.07, 6.45) is 16.3. The SMILES string of the molecule is CS(=O)c1ccc(Nc2nc(Nc3ccc4cn[nH]c4c3)c3cc[nH]c3n2)cc1.CSc1ccc(Nc2nc(Nc3ccc4cn[nH]c4c3)c3cc[nH]c3n2)cc1.CSc1ccc(Nc2nc(Nc3ccc4cn[nH]c4c3)c3ccn(S(=O)(=O)c4ccc(C)cc4)c3n2)cc1. The Kier molecular flexibility index (Phi) is 17.0. The van der Waals surface area contributed by atoms with Gasteiger partial charge in [0, 0.05) is 101 Å². The van der Waals surface area contributed by atoms with Gasteiger partial charge in [-0.1, -0.05) is 17.7 Å². The molecule has 11 N–H and O–H groups in total. The fourth-order valence-corrected chi connectivity index (χ4v) is 12.9. The first kappa shape index (κ1) is 60.9.